The number of amidine groups is 1. The molecule has 124 valence electrons. The number of amides is 1. The number of hydrogen-bond donors (Lipinski definition) is 2. The molecule has 0 aliphatic carbocycles. The number of ether oxygens (including phenoxy) is 1. The molecule has 2 N–H and O–H groups in total. The van der Waals surface area contributed by atoms with Gasteiger partial charge >= 0.3 is 0 Å². The smallest absolute Gasteiger partial charge is 0.286 e. The molecule has 9 heteroatoms. The standard InChI is InChI=1S/C14H17N3O4S2/c18-13(15-8-10-4-3-7-21-10)9-22-14-16-11-5-1-2-6-12(11)23(19,20)17-14/h1-2,5-6,10H,3-4,7-9H2,(H,15,18)(H,16,17). The number of nitrogens with zero attached hydrogens (tertiary/aromatic N) is 1. The Balaban J connectivity index is 1.54. The van der Waals surface area contributed by atoms with Crippen LogP contribution in [-0.2, 0) is 19.6 Å². The summed E-state index contributed by atoms with van der Waals surface area (Å²) in [5, 5.41) is 5.93. The van der Waals surface area contributed by atoms with E-state index >= 15 is 0 Å². The molecular formula is C14H17N3O4S2. The Bertz CT molecular complexity index is 727. The van der Waals surface area contributed by atoms with Crippen LogP contribution in [0, 0.1) is 0 Å². The number of carbonyl (C=O) groups excluding carboxylic acids is 1. The van der Waals surface area contributed by atoms with Crippen molar-refractivity contribution >= 4 is 38.5 Å². The Morgan fingerprint density at radius 3 is 3.04 bits per heavy atom. The highest BCUT2D eigenvalue weighted by atomic mass is 32.2. The fourth-order valence-corrected chi connectivity index (χ4v) is 4.44. The number of carbonyl (C=O) groups is 1. The highest BCUT2D eigenvalue weighted by Gasteiger charge is 2.25. The average molecular weight is 355 g/mol. The van der Waals surface area contributed by atoms with Crippen molar-refractivity contribution in [1.29, 1.82) is 0 Å². The first-order valence-electron chi connectivity index (χ1n) is 7.27. The van der Waals surface area contributed by atoms with Crippen molar-refractivity contribution in [3.63, 3.8) is 0 Å². The summed E-state index contributed by atoms with van der Waals surface area (Å²) in [6.07, 6.45) is 2.06. The lowest BCUT2D eigenvalue weighted by Gasteiger charge is -2.17. The Kier molecular flexibility index (Phi) is 4.88. The van der Waals surface area contributed by atoms with Gasteiger partial charge in [0.1, 0.15) is 4.90 Å². The normalized spacial score (nSPS) is 21.9. The van der Waals surface area contributed by atoms with Crippen LogP contribution in [0.3, 0.4) is 0 Å². The maximum Gasteiger partial charge on any atom is 0.286 e. The van der Waals surface area contributed by atoms with E-state index in [9.17, 15) is 13.2 Å². The molecule has 1 aromatic rings. The van der Waals surface area contributed by atoms with Gasteiger partial charge in [-0.3, -0.25) is 4.79 Å². The van der Waals surface area contributed by atoms with Crippen molar-refractivity contribution in [3.05, 3.63) is 24.3 Å². The number of nitrogens with one attached hydrogen (secondary N) is 2. The van der Waals surface area contributed by atoms with Gasteiger partial charge in [0.05, 0.1) is 17.5 Å². The fourth-order valence-electron chi connectivity index (χ4n) is 2.37. The van der Waals surface area contributed by atoms with Gasteiger partial charge in [-0.2, -0.15) is 8.42 Å². The quantitative estimate of drug-likeness (QED) is 0.842. The highest BCUT2D eigenvalue weighted by molar-refractivity contribution is 8.15. The van der Waals surface area contributed by atoms with Crippen LogP contribution in [0.5, 0.6) is 0 Å². The lowest BCUT2D eigenvalue weighted by Crippen LogP contribution is -2.33. The lowest BCUT2D eigenvalue weighted by atomic mass is 10.2. The van der Waals surface area contributed by atoms with E-state index in [-0.39, 0.29) is 27.8 Å². The van der Waals surface area contributed by atoms with Crippen molar-refractivity contribution in [2.45, 2.75) is 23.8 Å². The molecule has 0 radical (unpaired) electrons. The number of hydrogen-bond acceptors (Lipinski definition) is 6. The predicted octanol–water partition coefficient (Wildman–Crippen LogP) is 1.19. The zero-order valence-electron chi connectivity index (χ0n) is 12.3. The predicted molar refractivity (Wildman–Crippen MR) is 89.1 cm³/mol. The van der Waals surface area contributed by atoms with E-state index in [0.29, 0.717) is 12.2 Å². The molecule has 23 heavy (non-hydrogen) atoms. The number of sulfonamides is 1. The third kappa shape index (κ3) is 4.04. The van der Waals surface area contributed by atoms with E-state index in [2.05, 4.69) is 15.0 Å². The van der Waals surface area contributed by atoms with E-state index in [4.69, 9.17) is 4.74 Å². The van der Waals surface area contributed by atoms with Crippen LogP contribution in [0.15, 0.2) is 33.6 Å². The highest BCUT2D eigenvalue weighted by Crippen LogP contribution is 2.28. The molecule has 1 fully saturated rings. The molecule has 7 nitrogen and oxygen atoms in total. The summed E-state index contributed by atoms with van der Waals surface area (Å²) in [7, 11) is -3.71. The monoisotopic (exact) mass is 355 g/mol. The molecule has 2 heterocycles. The fraction of sp³-hybridized carbons (Fsp3) is 0.429. The van der Waals surface area contributed by atoms with E-state index in [1.807, 2.05) is 0 Å². The minimum Gasteiger partial charge on any atom is -0.376 e. The van der Waals surface area contributed by atoms with Gasteiger partial charge in [-0.25, -0.2) is 0 Å². The molecule has 1 aromatic carbocycles. The molecule has 0 spiro atoms. The molecule has 2 aliphatic rings. The summed E-state index contributed by atoms with van der Waals surface area (Å²) >= 11 is 1.06. The zero-order chi connectivity index (χ0) is 16.3. The van der Waals surface area contributed by atoms with Crippen molar-refractivity contribution in [2.24, 2.45) is 4.40 Å². The second-order valence-corrected chi connectivity index (χ2v) is 7.76. The SMILES string of the molecule is O=C(CSC1=NS(=O)(=O)c2ccccc2N1)NCC1CCCO1. The van der Waals surface area contributed by atoms with Crippen molar-refractivity contribution in [2.75, 3.05) is 24.2 Å². The van der Waals surface area contributed by atoms with Crippen molar-refractivity contribution in [1.82, 2.24) is 5.32 Å². The van der Waals surface area contributed by atoms with Gasteiger partial charge in [-0.05, 0) is 25.0 Å². The van der Waals surface area contributed by atoms with E-state index < -0.39 is 10.0 Å². The minimum atomic E-state index is -3.71. The van der Waals surface area contributed by atoms with E-state index in [1.165, 1.54) is 6.07 Å². The van der Waals surface area contributed by atoms with Crippen LogP contribution in [-0.4, -0.2) is 44.5 Å². The summed E-state index contributed by atoms with van der Waals surface area (Å²) in [4.78, 5) is 12.0. The number of rotatable bonds is 4. The number of benzene rings is 1. The second kappa shape index (κ2) is 6.90. The van der Waals surface area contributed by atoms with Gasteiger partial charge < -0.3 is 15.4 Å². The lowest BCUT2D eigenvalue weighted by molar-refractivity contribution is -0.119. The van der Waals surface area contributed by atoms with Gasteiger partial charge in [-0.15, -0.1) is 4.40 Å². The first-order chi connectivity index (χ1) is 11.0. The van der Waals surface area contributed by atoms with E-state index in [1.54, 1.807) is 18.2 Å². The van der Waals surface area contributed by atoms with Crippen LogP contribution < -0.4 is 10.6 Å². The molecule has 0 saturated carbocycles. The topological polar surface area (TPSA) is 96.9 Å². The largest absolute Gasteiger partial charge is 0.376 e. The van der Waals surface area contributed by atoms with Crippen LogP contribution in [0.25, 0.3) is 0 Å². The summed E-state index contributed by atoms with van der Waals surface area (Å²) < 4.78 is 33.3. The van der Waals surface area contributed by atoms with E-state index in [0.717, 1.165) is 31.2 Å². The Hall–Kier alpha value is -1.58. The zero-order valence-corrected chi connectivity index (χ0v) is 14.0. The summed E-state index contributed by atoms with van der Waals surface area (Å²) in [5.41, 5.74) is 0.477. The van der Waals surface area contributed by atoms with Crippen LogP contribution in [0.2, 0.25) is 0 Å². The van der Waals surface area contributed by atoms with Gasteiger partial charge in [-0.1, -0.05) is 23.9 Å². The van der Waals surface area contributed by atoms with Gasteiger partial charge in [0.2, 0.25) is 5.91 Å². The first-order valence-corrected chi connectivity index (χ1v) is 9.69. The molecule has 1 atom stereocenters. The number of anilines is 1. The van der Waals surface area contributed by atoms with Gasteiger partial charge in [0, 0.05) is 13.2 Å². The average Bonchev–Trinajstić information content (AvgIpc) is 3.04. The number of fused-ring (bicyclic) bond motifs is 1. The van der Waals surface area contributed by atoms with Crippen LogP contribution >= 0.6 is 11.8 Å². The van der Waals surface area contributed by atoms with Crippen LogP contribution in [0.1, 0.15) is 12.8 Å². The Morgan fingerprint density at radius 1 is 1.43 bits per heavy atom. The van der Waals surface area contributed by atoms with Gasteiger partial charge in [0.15, 0.2) is 5.17 Å². The summed E-state index contributed by atoms with van der Waals surface area (Å²) in [5.74, 6) is -0.0813. The molecule has 3 rings (SSSR count). The summed E-state index contributed by atoms with van der Waals surface area (Å²) in [6, 6.07) is 6.55. The first kappa shape index (κ1) is 16.3. The molecule has 0 bridgehead atoms. The molecule has 2 aliphatic heterocycles. The van der Waals surface area contributed by atoms with Crippen molar-refractivity contribution in [3.8, 4) is 0 Å². The second-order valence-electron chi connectivity index (χ2n) is 5.22. The summed E-state index contributed by atoms with van der Waals surface area (Å²) in [6.45, 7) is 1.23. The van der Waals surface area contributed by atoms with Crippen molar-refractivity contribution < 1.29 is 17.9 Å². The molecule has 0 aromatic heterocycles. The maximum atomic E-state index is 12.1. The van der Waals surface area contributed by atoms with Gasteiger partial charge in [0.25, 0.3) is 10.0 Å². The molecule has 1 amide bonds. The number of thioether (sulfide) groups is 1. The third-order valence-corrected chi connectivity index (χ3v) is 5.82. The van der Waals surface area contributed by atoms with Crippen LogP contribution in [0.4, 0.5) is 5.69 Å². The number of para-hydroxylation sites is 1. The Morgan fingerprint density at radius 2 is 2.26 bits per heavy atom. The Labute approximate surface area is 138 Å². The third-order valence-electron chi connectivity index (χ3n) is 3.50. The molecular weight excluding hydrogens is 338 g/mol. The molecule has 1 unspecified atom stereocenters. The molecule has 1 saturated heterocycles. The maximum absolute atomic E-state index is 12.1. The minimum absolute atomic E-state index is 0.0846.